The van der Waals surface area contributed by atoms with Crippen LogP contribution in [0, 0.1) is 10.1 Å². The van der Waals surface area contributed by atoms with Crippen LogP contribution in [0.3, 0.4) is 0 Å². The second-order valence-corrected chi connectivity index (χ2v) is 6.56. The molecule has 0 bridgehead atoms. The SMILES string of the molecule is O=C(CNc1ccc(Cl)c([N+](=O)[O-])c1)Nc1cccc(C(=O)NC2CC2)c1. The Morgan fingerprint density at radius 3 is 2.63 bits per heavy atom. The Labute approximate surface area is 160 Å². The highest BCUT2D eigenvalue weighted by atomic mass is 35.5. The predicted molar refractivity (Wildman–Crippen MR) is 102 cm³/mol. The molecule has 1 fully saturated rings. The first kappa shape index (κ1) is 18.7. The highest BCUT2D eigenvalue weighted by molar-refractivity contribution is 6.32. The summed E-state index contributed by atoms with van der Waals surface area (Å²) in [6, 6.07) is 11.1. The van der Waals surface area contributed by atoms with Crippen molar-refractivity contribution < 1.29 is 14.5 Å². The number of anilines is 2. The predicted octanol–water partition coefficient (Wildman–Crippen LogP) is 3.19. The van der Waals surface area contributed by atoms with Gasteiger partial charge in [0.05, 0.1) is 11.5 Å². The molecule has 1 saturated carbocycles. The summed E-state index contributed by atoms with van der Waals surface area (Å²) in [6.45, 7) is -0.0999. The van der Waals surface area contributed by atoms with Crippen LogP contribution in [0.15, 0.2) is 42.5 Å². The lowest BCUT2D eigenvalue weighted by Gasteiger charge is -2.09. The molecule has 0 aromatic heterocycles. The highest BCUT2D eigenvalue weighted by Crippen LogP contribution is 2.27. The minimum Gasteiger partial charge on any atom is -0.376 e. The second kappa shape index (κ2) is 8.05. The third-order valence-electron chi connectivity index (χ3n) is 3.92. The van der Waals surface area contributed by atoms with Gasteiger partial charge in [0.1, 0.15) is 5.02 Å². The van der Waals surface area contributed by atoms with E-state index in [-0.39, 0.29) is 35.1 Å². The minimum absolute atomic E-state index is 0.0243. The number of benzene rings is 2. The smallest absolute Gasteiger partial charge is 0.289 e. The Bertz CT molecular complexity index is 899. The lowest BCUT2D eigenvalue weighted by atomic mass is 10.2. The van der Waals surface area contributed by atoms with Crippen molar-refractivity contribution in [3.8, 4) is 0 Å². The first-order valence-electron chi connectivity index (χ1n) is 8.31. The molecule has 0 heterocycles. The molecule has 0 aliphatic heterocycles. The summed E-state index contributed by atoms with van der Waals surface area (Å²) >= 11 is 5.76. The molecule has 0 unspecified atom stereocenters. The number of amides is 2. The number of carbonyl (C=O) groups excluding carboxylic acids is 2. The zero-order chi connectivity index (χ0) is 19.4. The van der Waals surface area contributed by atoms with Gasteiger partial charge in [-0.1, -0.05) is 17.7 Å². The van der Waals surface area contributed by atoms with Crippen LogP contribution in [0.2, 0.25) is 5.02 Å². The van der Waals surface area contributed by atoms with Gasteiger partial charge < -0.3 is 16.0 Å². The van der Waals surface area contributed by atoms with Crippen LogP contribution in [0.25, 0.3) is 0 Å². The van der Waals surface area contributed by atoms with Gasteiger partial charge in [0.15, 0.2) is 0 Å². The fourth-order valence-electron chi connectivity index (χ4n) is 2.38. The first-order valence-corrected chi connectivity index (χ1v) is 8.69. The van der Waals surface area contributed by atoms with Crippen molar-refractivity contribution in [3.63, 3.8) is 0 Å². The first-order chi connectivity index (χ1) is 12.9. The van der Waals surface area contributed by atoms with Crippen LogP contribution in [0.1, 0.15) is 23.2 Å². The normalized spacial score (nSPS) is 12.9. The van der Waals surface area contributed by atoms with E-state index in [0.29, 0.717) is 16.9 Å². The van der Waals surface area contributed by atoms with E-state index < -0.39 is 4.92 Å². The molecule has 140 valence electrons. The zero-order valence-corrected chi connectivity index (χ0v) is 15.0. The van der Waals surface area contributed by atoms with E-state index in [1.807, 2.05) is 0 Å². The van der Waals surface area contributed by atoms with Crippen LogP contribution in [0.5, 0.6) is 0 Å². The number of hydrogen-bond acceptors (Lipinski definition) is 5. The summed E-state index contributed by atoms with van der Waals surface area (Å²) < 4.78 is 0. The average Bonchev–Trinajstić information content (AvgIpc) is 3.45. The number of hydrogen-bond donors (Lipinski definition) is 3. The molecule has 0 spiro atoms. The van der Waals surface area contributed by atoms with Crippen molar-refractivity contribution in [1.29, 1.82) is 0 Å². The third kappa shape index (κ3) is 5.18. The number of carbonyl (C=O) groups is 2. The molecule has 1 aliphatic carbocycles. The van der Waals surface area contributed by atoms with Crippen molar-refractivity contribution in [2.75, 3.05) is 17.2 Å². The topological polar surface area (TPSA) is 113 Å². The van der Waals surface area contributed by atoms with Crippen molar-refractivity contribution in [2.24, 2.45) is 0 Å². The van der Waals surface area contributed by atoms with Crippen LogP contribution < -0.4 is 16.0 Å². The average molecular weight is 389 g/mol. The summed E-state index contributed by atoms with van der Waals surface area (Å²) in [4.78, 5) is 34.5. The van der Waals surface area contributed by atoms with Crippen LogP contribution in [0.4, 0.5) is 17.1 Å². The molecule has 27 heavy (non-hydrogen) atoms. The Balaban J connectivity index is 1.57. The molecule has 2 amide bonds. The molecule has 9 heteroatoms. The molecule has 0 saturated heterocycles. The number of rotatable bonds is 7. The molecule has 0 atom stereocenters. The van der Waals surface area contributed by atoms with Crippen molar-refractivity contribution in [1.82, 2.24) is 5.32 Å². The van der Waals surface area contributed by atoms with Gasteiger partial charge in [-0.15, -0.1) is 0 Å². The van der Waals surface area contributed by atoms with Gasteiger partial charge in [0.2, 0.25) is 5.91 Å². The van der Waals surface area contributed by atoms with Crippen LogP contribution in [-0.2, 0) is 4.79 Å². The van der Waals surface area contributed by atoms with Crippen molar-refractivity contribution in [2.45, 2.75) is 18.9 Å². The molecule has 8 nitrogen and oxygen atoms in total. The summed E-state index contributed by atoms with van der Waals surface area (Å²) in [5, 5.41) is 19.3. The highest BCUT2D eigenvalue weighted by Gasteiger charge is 2.23. The molecular formula is C18H17ClN4O4. The Hall–Kier alpha value is -3.13. The summed E-state index contributed by atoms with van der Waals surface area (Å²) in [5.74, 6) is -0.521. The van der Waals surface area contributed by atoms with Crippen molar-refractivity contribution >= 4 is 40.5 Å². The Morgan fingerprint density at radius 2 is 1.93 bits per heavy atom. The maximum Gasteiger partial charge on any atom is 0.289 e. The molecule has 1 aliphatic rings. The molecular weight excluding hydrogens is 372 g/mol. The molecule has 2 aromatic carbocycles. The Morgan fingerprint density at radius 1 is 1.15 bits per heavy atom. The van der Waals surface area contributed by atoms with Gasteiger partial charge in [-0.2, -0.15) is 0 Å². The van der Waals surface area contributed by atoms with Gasteiger partial charge >= 0.3 is 0 Å². The third-order valence-corrected chi connectivity index (χ3v) is 4.24. The van der Waals surface area contributed by atoms with Gasteiger partial charge in [-0.05, 0) is 43.2 Å². The number of halogens is 1. The van der Waals surface area contributed by atoms with Gasteiger partial charge in [0.25, 0.3) is 11.6 Å². The lowest BCUT2D eigenvalue weighted by Crippen LogP contribution is -2.26. The lowest BCUT2D eigenvalue weighted by molar-refractivity contribution is -0.384. The van der Waals surface area contributed by atoms with Gasteiger partial charge in [0, 0.05) is 29.0 Å². The summed E-state index contributed by atoms with van der Waals surface area (Å²) in [7, 11) is 0. The number of nitro groups is 1. The van der Waals surface area contributed by atoms with E-state index >= 15 is 0 Å². The maximum atomic E-state index is 12.1. The van der Waals surface area contributed by atoms with E-state index in [1.54, 1.807) is 30.3 Å². The minimum atomic E-state index is -0.592. The maximum absolute atomic E-state index is 12.1. The molecule has 0 radical (unpaired) electrons. The van der Waals surface area contributed by atoms with E-state index in [2.05, 4.69) is 16.0 Å². The van der Waals surface area contributed by atoms with Crippen LogP contribution >= 0.6 is 11.6 Å². The molecule has 3 N–H and O–H groups in total. The number of nitro benzene ring substituents is 1. The fraction of sp³-hybridized carbons (Fsp3) is 0.222. The van der Waals surface area contributed by atoms with E-state index in [4.69, 9.17) is 11.6 Å². The van der Waals surface area contributed by atoms with Crippen molar-refractivity contribution in [3.05, 3.63) is 63.2 Å². The number of nitrogens with one attached hydrogen (secondary N) is 3. The summed E-state index contributed by atoms with van der Waals surface area (Å²) in [6.07, 6.45) is 1.99. The zero-order valence-electron chi connectivity index (χ0n) is 14.2. The largest absolute Gasteiger partial charge is 0.376 e. The monoisotopic (exact) mass is 388 g/mol. The van der Waals surface area contributed by atoms with Gasteiger partial charge in [-0.25, -0.2) is 0 Å². The number of nitrogens with zero attached hydrogens (tertiary/aromatic N) is 1. The molecule has 2 aromatic rings. The van der Waals surface area contributed by atoms with Crippen LogP contribution in [-0.4, -0.2) is 29.3 Å². The van der Waals surface area contributed by atoms with Gasteiger partial charge in [-0.3, -0.25) is 19.7 Å². The quantitative estimate of drug-likeness (QED) is 0.498. The van der Waals surface area contributed by atoms with E-state index in [9.17, 15) is 19.7 Å². The van der Waals surface area contributed by atoms with E-state index in [1.165, 1.54) is 12.1 Å². The second-order valence-electron chi connectivity index (χ2n) is 6.15. The van der Waals surface area contributed by atoms with E-state index in [0.717, 1.165) is 12.8 Å². The Kier molecular flexibility index (Phi) is 5.56. The fourth-order valence-corrected chi connectivity index (χ4v) is 2.57. The molecule has 3 rings (SSSR count). The standard InChI is InChI=1S/C18H17ClN4O4/c19-15-7-6-13(9-16(15)23(26)27)20-10-17(24)21-14-3-1-2-11(8-14)18(25)22-12-4-5-12/h1-3,6-9,12,20H,4-5,10H2,(H,21,24)(H,22,25). The summed E-state index contributed by atoms with van der Waals surface area (Å²) in [5.41, 5.74) is 1.13.